The molecule has 43 heavy (non-hydrogen) atoms. The first-order valence-corrected chi connectivity index (χ1v) is 16.6. The van der Waals surface area contributed by atoms with Crippen LogP contribution >= 0.6 is 23.2 Å². The molecule has 8 nitrogen and oxygen atoms in total. The van der Waals surface area contributed by atoms with E-state index in [1.54, 1.807) is 43.5 Å². The van der Waals surface area contributed by atoms with Crippen LogP contribution in [-0.4, -0.2) is 50.9 Å². The SMILES string of the molecule is CC[C@@H](C(=O)NC1CCCCC1)N(Cc1cccc(OC)c1)C(=O)CN(c1ccc(Cl)cc1Cl)S(=O)(=O)c1ccccc1. The number of amides is 2. The van der Waals surface area contributed by atoms with E-state index in [4.69, 9.17) is 27.9 Å². The first kappa shape index (κ1) is 32.6. The second-order valence-corrected chi connectivity index (χ2v) is 13.3. The van der Waals surface area contributed by atoms with Gasteiger partial charge in [0.05, 0.1) is 22.7 Å². The molecule has 1 atom stereocenters. The summed E-state index contributed by atoms with van der Waals surface area (Å²) >= 11 is 12.6. The van der Waals surface area contributed by atoms with Crippen LogP contribution in [0.2, 0.25) is 10.0 Å². The zero-order chi connectivity index (χ0) is 31.0. The number of carbonyl (C=O) groups is 2. The molecule has 11 heteroatoms. The first-order valence-electron chi connectivity index (χ1n) is 14.4. The Morgan fingerprint density at radius 3 is 2.35 bits per heavy atom. The van der Waals surface area contributed by atoms with E-state index >= 15 is 0 Å². The van der Waals surface area contributed by atoms with Crippen LogP contribution in [0, 0.1) is 0 Å². The number of hydrogen-bond acceptors (Lipinski definition) is 5. The van der Waals surface area contributed by atoms with Gasteiger partial charge in [0.2, 0.25) is 11.8 Å². The van der Waals surface area contributed by atoms with E-state index in [2.05, 4.69) is 5.32 Å². The van der Waals surface area contributed by atoms with Crippen molar-refractivity contribution in [1.29, 1.82) is 0 Å². The van der Waals surface area contributed by atoms with Crippen molar-refractivity contribution in [3.63, 3.8) is 0 Å². The van der Waals surface area contributed by atoms with Crippen molar-refractivity contribution in [2.75, 3.05) is 18.0 Å². The quantitative estimate of drug-likeness (QED) is 0.244. The highest BCUT2D eigenvalue weighted by Gasteiger charge is 2.35. The summed E-state index contributed by atoms with van der Waals surface area (Å²) in [5.41, 5.74) is 0.836. The summed E-state index contributed by atoms with van der Waals surface area (Å²) in [6.07, 6.45) is 5.35. The van der Waals surface area contributed by atoms with Gasteiger partial charge in [0.15, 0.2) is 0 Å². The van der Waals surface area contributed by atoms with Gasteiger partial charge in [-0.1, -0.05) is 79.7 Å². The number of hydrogen-bond donors (Lipinski definition) is 1. The number of nitrogens with zero attached hydrogens (tertiary/aromatic N) is 2. The molecule has 2 amide bonds. The summed E-state index contributed by atoms with van der Waals surface area (Å²) < 4.78 is 34.3. The van der Waals surface area contributed by atoms with E-state index in [-0.39, 0.29) is 34.1 Å². The lowest BCUT2D eigenvalue weighted by atomic mass is 9.95. The molecule has 0 saturated heterocycles. The molecule has 1 saturated carbocycles. The Labute approximate surface area is 264 Å². The van der Waals surface area contributed by atoms with Gasteiger partial charge in [-0.25, -0.2) is 8.42 Å². The summed E-state index contributed by atoms with van der Waals surface area (Å²) in [4.78, 5) is 29.4. The van der Waals surface area contributed by atoms with Crippen molar-refractivity contribution in [3.8, 4) is 5.75 Å². The third-order valence-corrected chi connectivity index (χ3v) is 9.92. The molecule has 0 aromatic heterocycles. The van der Waals surface area contributed by atoms with Crippen molar-refractivity contribution in [3.05, 3.63) is 88.4 Å². The fraction of sp³-hybridized carbons (Fsp3) is 0.375. The molecule has 0 radical (unpaired) electrons. The smallest absolute Gasteiger partial charge is 0.264 e. The van der Waals surface area contributed by atoms with Gasteiger partial charge >= 0.3 is 0 Å². The van der Waals surface area contributed by atoms with Crippen LogP contribution in [0.4, 0.5) is 5.69 Å². The van der Waals surface area contributed by atoms with E-state index in [1.165, 1.54) is 35.2 Å². The number of anilines is 1. The average Bonchev–Trinajstić information content (AvgIpc) is 3.01. The average molecular weight is 647 g/mol. The van der Waals surface area contributed by atoms with Gasteiger partial charge in [-0.2, -0.15) is 0 Å². The van der Waals surface area contributed by atoms with E-state index in [9.17, 15) is 18.0 Å². The van der Waals surface area contributed by atoms with Gasteiger partial charge in [-0.05, 0) is 67.3 Å². The van der Waals surface area contributed by atoms with Gasteiger partial charge in [0, 0.05) is 17.6 Å². The maximum Gasteiger partial charge on any atom is 0.264 e. The molecule has 3 aromatic rings. The molecule has 0 aliphatic heterocycles. The molecule has 230 valence electrons. The van der Waals surface area contributed by atoms with E-state index < -0.39 is 28.5 Å². The van der Waals surface area contributed by atoms with Crippen LogP contribution in [0.5, 0.6) is 5.75 Å². The van der Waals surface area contributed by atoms with Gasteiger partial charge in [-0.3, -0.25) is 13.9 Å². The Hall–Kier alpha value is -3.27. The fourth-order valence-corrected chi connectivity index (χ4v) is 7.36. The van der Waals surface area contributed by atoms with Crippen LogP contribution < -0.4 is 14.4 Å². The van der Waals surface area contributed by atoms with Crippen molar-refractivity contribution >= 4 is 50.7 Å². The zero-order valence-corrected chi connectivity index (χ0v) is 26.7. The number of nitrogens with one attached hydrogen (secondary N) is 1. The third kappa shape index (κ3) is 8.22. The van der Waals surface area contributed by atoms with Crippen LogP contribution in [0.1, 0.15) is 51.0 Å². The molecular formula is C32H37Cl2N3O5S. The van der Waals surface area contributed by atoms with E-state index in [0.717, 1.165) is 42.0 Å². The maximum atomic E-state index is 14.3. The summed E-state index contributed by atoms with van der Waals surface area (Å²) in [5, 5.41) is 3.54. The van der Waals surface area contributed by atoms with Crippen molar-refractivity contribution in [2.24, 2.45) is 0 Å². The highest BCUT2D eigenvalue weighted by atomic mass is 35.5. The Morgan fingerprint density at radius 1 is 0.977 bits per heavy atom. The normalized spacial score (nSPS) is 14.5. The van der Waals surface area contributed by atoms with E-state index in [0.29, 0.717) is 17.2 Å². The van der Waals surface area contributed by atoms with Crippen molar-refractivity contribution in [2.45, 2.75) is 69.0 Å². The summed E-state index contributed by atoms with van der Waals surface area (Å²) in [7, 11) is -2.69. The molecule has 1 aliphatic carbocycles. The molecule has 1 aliphatic rings. The molecule has 0 spiro atoms. The Bertz CT molecular complexity index is 1510. The lowest BCUT2D eigenvalue weighted by Crippen LogP contribution is -2.54. The minimum atomic E-state index is -4.24. The van der Waals surface area contributed by atoms with Crippen LogP contribution in [-0.2, 0) is 26.2 Å². The summed E-state index contributed by atoms with van der Waals surface area (Å²) in [5.74, 6) is -0.211. The van der Waals surface area contributed by atoms with Gasteiger partial charge in [0.1, 0.15) is 18.3 Å². The number of sulfonamides is 1. The second-order valence-electron chi connectivity index (χ2n) is 10.6. The fourth-order valence-electron chi connectivity index (χ4n) is 5.35. The molecule has 0 unspecified atom stereocenters. The number of ether oxygens (including phenoxy) is 1. The summed E-state index contributed by atoms with van der Waals surface area (Å²) in [6.45, 7) is 1.32. The van der Waals surface area contributed by atoms with Crippen LogP contribution in [0.15, 0.2) is 77.7 Å². The van der Waals surface area contributed by atoms with Crippen molar-refractivity contribution in [1.82, 2.24) is 10.2 Å². The largest absolute Gasteiger partial charge is 0.497 e. The van der Waals surface area contributed by atoms with Crippen LogP contribution in [0.3, 0.4) is 0 Å². The van der Waals surface area contributed by atoms with Gasteiger partial charge in [0.25, 0.3) is 10.0 Å². The molecular weight excluding hydrogens is 609 g/mol. The second kappa shape index (κ2) is 14.9. The molecule has 0 bridgehead atoms. The summed E-state index contributed by atoms with van der Waals surface area (Å²) in [6, 6.07) is 18.7. The zero-order valence-electron chi connectivity index (χ0n) is 24.3. The molecule has 3 aromatic carbocycles. The van der Waals surface area contributed by atoms with Gasteiger partial charge in [-0.15, -0.1) is 0 Å². The number of methoxy groups -OCH3 is 1. The minimum absolute atomic E-state index is 0.00440. The first-order chi connectivity index (χ1) is 20.6. The number of rotatable bonds is 12. The monoisotopic (exact) mass is 645 g/mol. The standard InChI is InChI=1S/C32H37Cl2N3O5S/c1-3-29(32(39)35-25-12-6-4-7-13-25)36(21-23-11-10-14-26(19-23)42-2)31(38)22-37(30-18-17-24(33)20-28(30)34)43(40,41)27-15-8-5-9-16-27/h5,8-11,14-20,25,29H,3-4,6-7,12-13,21-22H2,1-2H3,(H,35,39)/t29-/m0/s1. The molecule has 1 N–H and O–H groups in total. The maximum absolute atomic E-state index is 14.3. The number of halogens is 2. The topological polar surface area (TPSA) is 96.0 Å². The highest BCUT2D eigenvalue weighted by Crippen LogP contribution is 2.33. The molecule has 1 fully saturated rings. The lowest BCUT2D eigenvalue weighted by Gasteiger charge is -2.34. The molecule has 4 rings (SSSR count). The number of carbonyl (C=O) groups excluding carboxylic acids is 2. The Kier molecular flexibility index (Phi) is 11.3. The highest BCUT2D eigenvalue weighted by molar-refractivity contribution is 7.92. The number of benzene rings is 3. The lowest BCUT2D eigenvalue weighted by molar-refractivity contribution is -0.140. The third-order valence-electron chi connectivity index (χ3n) is 7.61. The Balaban J connectivity index is 1.73. The minimum Gasteiger partial charge on any atom is -0.497 e. The van der Waals surface area contributed by atoms with E-state index in [1.807, 2.05) is 13.0 Å². The predicted molar refractivity (Wildman–Crippen MR) is 170 cm³/mol. The molecule has 0 heterocycles. The van der Waals surface area contributed by atoms with Crippen LogP contribution in [0.25, 0.3) is 0 Å². The predicted octanol–water partition coefficient (Wildman–Crippen LogP) is 6.45. The van der Waals surface area contributed by atoms with Crippen molar-refractivity contribution < 1.29 is 22.7 Å². The Morgan fingerprint density at radius 2 is 1.70 bits per heavy atom. The van der Waals surface area contributed by atoms with Gasteiger partial charge < -0.3 is 15.0 Å².